The summed E-state index contributed by atoms with van der Waals surface area (Å²) < 4.78 is 5.05. The number of alkyl halides is 1. The molecule has 0 bridgehead atoms. The summed E-state index contributed by atoms with van der Waals surface area (Å²) >= 11 is 3.38. The van der Waals surface area contributed by atoms with Crippen molar-refractivity contribution in [3.05, 3.63) is 29.8 Å². The van der Waals surface area contributed by atoms with Crippen molar-refractivity contribution in [3.8, 4) is 5.75 Å². The maximum atomic E-state index is 12.0. The number of hydrogen-bond donors (Lipinski definition) is 1. The van der Waals surface area contributed by atoms with Crippen molar-refractivity contribution in [3.63, 3.8) is 0 Å². The number of rotatable bonds is 5. The molecule has 1 rings (SSSR count). The highest BCUT2D eigenvalue weighted by molar-refractivity contribution is 9.09. The second kappa shape index (κ2) is 6.05. The van der Waals surface area contributed by atoms with Crippen molar-refractivity contribution in [1.82, 2.24) is 5.32 Å². The lowest BCUT2D eigenvalue weighted by atomic mass is 10.0. The van der Waals surface area contributed by atoms with E-state index in [-0.39, 0.29) is 11.4 Å². The molecular formula is C13H18BrNO2. The average molecular weight is 300 g/mol. The molecule has 17 heavy (non-hydrogen) atoms. The Morgan fingerprint density at radius 1 is 1.35 bits per heavy atom. The summed E-state index contributed by atoms with van der Waals surface area (Å²) in [5.74, 6) is 0.694. The normalized spacial score (nSPS) is 11.1. The maximum Gasteiger partial charge on any atom is 0.251 e. The number of benzene rings is 1. The molecule has 0 aliphatic rings. The number of carbonyl (C=O) groups is 1. The number of halogens is 1. The lowest BCUT2D eigenvalue weighted by Crippen LogP contribution is -2.43. The highest BCUT2D eigenvalue weighted by atomic mass is 79.9. The van der Waals surface area contributed by atoms with Crippen LogP contribution in [0.4, 0.5) is 0 Å². The van der Waals surface area contributed by atoms with Crippen LogP contribution in [0.2, 0.25) is 0 Å². The van der Waals surface area contributed by atoms with Crippen LogP contribution in [0.15, 0.2) is 24.3 Å². The molecule has 0 unspecified atom stereocenters. The molecule has 4 heteroatoms. The van der Waals surface area contributed by atoms with E-state index in [1.165, 1.54) is 0 Å². The third-order valence-corrected chi connectivity index (χ3v) is 2.92. The Balaban J connectivity index is 2.69. The van der Waals surface area contributed by atoms with Gasteiger partial charge in [0.1, 0.15) is 5.75 Å². The summed E-state index contributed by atoms with van der Waals surface area (Å²) in [4.78, 5) is 12.0. The summed E-state index contributed by atoms with van der Waals surface area (Å²) in [6.45, 7) is 4.02. The Kier molecular flexibility index (Phi) is 5.00. The van der Waals surface area contributed by atoms with E-state index < -0.39 is 0 Å². The van der Waals surface area contributed by atoms with Crippen LogP contribution in [0, 0.1) is 0 Å². The Bertz CT molecular complexity index is 374. The first-order chi connectivity index (χ1) is 7.98. The fourth-order valence-corrected chi connectivity index (χ4v) is 2.41. The van der Waals surface area contributed by atoms with Crippen LogP contribution in [0.1, 0.15) is 30.6 Å². The van der Waals surface area contributed by atoms with Gasteiger partial charge in [0.05, 0.1) is 7.11 Å². The van der Waals surface area contributed by atoms with Gasteiger partial charge in [-0.15, -0.1) is 0 Å². The Labute approximate surface area is 111 Å². The summed E-state index contributed by atoms with van der Waals surface area (Å²) in [6.07, 6.45) is 0.884. The predicted molar refractivity (Wildman–Crippen MR) is 73.0 cm³/mol. The standard InChI is InChI=1S/C13H18BrNO2/c1-13(2,8-9-14)15-12(16)10-4-6-11(17-3)7-5-10/h4-7H,8-9H2,1-3H3,(H,15,16). The van der Waals surface area contributed by atoms with Crippen LogP contribution in [0.5, 0.6) is 5.75 Å². The van der Waals surface area contributed by atoms with Gasteiger partial charge < -0.3 is 10.1 Å². The van der Waals surface area contributed by atoms with E-state index in [1.54, 1.807) is 31.4 Å². The fourth-order valence-electron chi connectivity index (χ4n) is 1.42. The van der Waals surface area contributed by atoms with Crippen molar-refractivity contribution in [1.29, 1.82) is 0 Å². The van der Waals surface area contributed by atoms with Crippen molar-refractivity contribution in [2.75, 3.05) is 12.4 Å². The van der Waals surface area contributed by atoms with Gasteiger partial charge in [0.25, 0.3) is 5.91 Å². The molecule has 3 nitrogen and oxygen atoms in total. The maximum absolute atomic E-state index is 12.0. The van der Waals surface area contributed by atoms with Crippen LogP contribution in [-0.2, 0) is 0 Å². The molecule has 0 atom stereocenters. The van der Waals surface area contributed by atoms with Gasteiger partial charge in [-0.3, -0.25) is 4.79 Å². The number of methoxy groups -OCH3 is 1. The topological polar surface area (TPSA) is 38.3 Å². The SMILES string of the molecule is COc1ccc(C(=O)NC(C)(C)CCBr)cc1. The van der Waals surface area contributed by atoms with E-state index in [1.807, 2.05) is 13.8 Å². The van der Waals surface area contributed by atoms with Crippen LogP contribution in [0.25, 0.3) is 0 Å². The van der Waals surface area contributed by atoms with E-state index in [2.05, 4.69) is 21.2 Å². The van der Waals surface area contributed by atoms with Gasteiger partial charge in [-0.2, -0.15) is 0 Å². The van der Waals surface area contributed by atoms with Gasteiger partial charge in [-0.1, -0.05) is 15.9 Å². The van der Waals surface area contributed by atoms with Crippen molar-refractivity contribution >= 4 is 21.8 Å². The molecule has 0 saturated carbocycles. The number of carbonyl (C=O) groups excluding carboxylic acids is 1. The smallest absolute Gasteiger partial charge is 0.251 e. The number of ether oxygens (including phenoxy) is 1. The van der Waals surface area contributed by atoms with Crippen LogP contribution in [-0.4, -0.2) is 23.9 Å². The number of amides is 1. The highest BCUT2D eigenvalue weighted by Crippen LogP contribution is 2.14. The van der Waals surface area contributed by atoms with Gasteiger partial charge in [-0.05, 0) is 44.5 Å². The average Bonchev–Trinajstić information content (AvgIpc) is 2.28. The van der Waals surface area contributed by atoms with Gasteiger partial charge >= 0.3 is 0 Å². The zero-order chi connectivity index (χ0) is 12.9. The van der Waals surface area contributed by atoms with Crippen LogP contribution < -0.4 is 10.1 Å². The zero-order valence-corrected chi connectivity index (χ0v) is 12.0. The molecule has 0 heterocycles. The van der Waals surface area contributed by atoms with Crippen molar-refractivity contribution < 1.29 is 9.53 Å². The van der Waals surface area contributed by atoms with Crippen LogP contribution >= 0.6 is 15.9 Å². The van der Waals surface area contributed by atoms with Gasteiger partial charge in [0.2, 0.25) is 0 Å². The van der Waals surface area contributed by atoms with Gasteiger partial charge in [0.15, 0.2) is 0 Å². The summed E-state index contributed by atoms with van der Waals surface area (Å²) in [5, 5.41) is 3.87. The third kappa shape index (κ3) is 4.38. The van der Waals surface area contributed by atoms with Crippen molar-refractivity contribution in [2.45, 2.75) is 25.8 Å². The molecular weight excluding hydrogens is 282 g/mol. The molecule has 0 radical (unpaired) electrons. The first-order valence-electron chi connectivity index (χ1n) is 5.51. The predicted octanol–water partition coefficient (Wildman–Crippen LogP) is 2.99. The molecule has 0 aliphatic heterocycles. The molecule has 0 aromatic heterocycles. The highest BCUT2D eigenvalue weighted by Gasteiger charge is 2.20. The molecule has 94 valence electrons. The largest absolute Gasteiger partial charge is 0.497 e. The zero-order valence-electron chi connectivity index (χ0n) is 10.4. The second-order valence-corrected chi connectivity index (χ2v) is 5.30. The van der Waals surface area contributed by atoms with E-state index in [4.69, 9.17) is 4.74 Å². The lowest BCUT2D eigenvalue weighted by Gasteiger charge is -2.25. The molecule has 1 N–H and O–H groups in total. The Hall–Kier alpha value is -1.03. The number of nitrogens with one attached hydrogen (secondary N) is 1. The summed E-state index contributed by atoms with van der Waals surface area (Å²) in [7, 11) is 1.61. The van der Waals surface area contributed by atoms with Gasteiger partial charge in [0, 0.05) is 16.4 Å². The lowest BCUT2D eigenvalue weighted by molar-refractivity contribution is 0.0912. The molecule has 1 aromatic carbocycles. The minimum absolute atomic E-state index is 0.0568. The summed E-state index contributed by atoms with van der Waals surface area (Å²) in [5.41, 5.74) is 0.439. The van der Waals surface area contributed by atoms with Gasteiger partial charge in [-0.25, -0.2) is 0 Å². The Morgan fingerprint density at radius 2 is 1.94 bits per heavy atom. The van der Waals surface area contributed by atoms with Crippen LogP contribution in [0.3, 0.4) is 0 Å². The molecule has 0 aliphatic carbocycles. The van der Waals surface area contributed by atoms with E-state index in [9.17, 15) is 4.79 Å². The van der Waals surface area contributed by atoms with E-state index in [0.717, 1.165) is 17.5 Å². The van der Waals surface area contributed by atoms with E-state index >= 15 is 0 Å². The quantitative estimate of drug-likeness (QED) is 0.849. The molecule has 0 spiro atoms. The molecule has 1 aromatic rings. The summed E-state index contributed by atoms with van der Waals surface area (Å²) in [6, 6.07) is 7.09. The number of hydrogen-bond acceptors (Lipinski definition) is 2. The minimum Gasteiger partial charge on any atom is -0.497 e. The minimum atomic E-state index is -0.208. The third-order valence-electron chi connectivity index (χ3n) is 2.52. The first-order valence-corrected chi connectivity index (χ1v) is 6.63. The Morgan fingerprint density at radius 3 is 2.41 bits per heavy atom. The monoisotopic (exact) mass is 299 g/mol. The van der Waals surface area contributed by atoms with Crippen molar-refractivity contribution in [2.24, 2.45) is 0 Å². The van der Waals surface area contributed by atoms with E-state index in [0.29, 0.717) is 5.56 Å². The molecule has 1 amide bonds. The molecule has 0 fully saturated rings. The first kappa shape index (κ1) is 14.0. The fraction of sp³-hybridized carbons (Fsp3) is 0.462. The second-order valence-electron chi connectivity index (χ2n) is 4.51. The molecule has 0 saturated heterocycles.